The first kappa shape index (κ1) is 30.3. The molecule has 0 amide bonds. The Morgan fingerprint density at radius 2 is 1.74 bits per heavy atom. The number of ether oxygens (including phenoxy) is 5. The molecule has 1 aliphatic heterocycles. The molecule has 1 heterocycles. The normalized spacial score (nSPS) is 29.1. The van der Waals surface area contributed by atoms with Gasteiger partial charge >= 0.3 is 0 Å². The van der Waals surface area contributed by atoms with Crippen LogP contribution in [0.15, 0.2) is 18.2 Å². The van der Waals surface area contributed by atoms with Crippen molar-refractivity contribution in [2.75, 3.05) is 27.9 Å². The van der Waals surface area contributed by atoms with E-state index in [4.69, 9.17) is 29.4 Å². The van der Waals surface area contributed by atoms with Gasteiger partial charge in [0.05, 0.1) is 42.1 Å². The van der Waals surface area contributed by atoms with Crippen molar-refractivity contribution in [3.63, 3.8) is 0 Å². The Morgan fingerprint density at radius 3 is 2.33 bits per heavy atom. The first-order valence-electron chi connectivity index (χ1n) is 13.4. The number of aliphatic hydroxyl groups excluding tert-OH is 2. The highest BCUT2D eigenvalue weighted by molar-refractivity contribution is 6.31. The number of rotatable bonds is 7. The Kier molecular flexibility index (Phi) is 7.83. The molecule has 0 saturated carbocycles. The van der Waals surface area contributed by atoms with Gasteiger partial charge in [-0.25, -0.2) is 0 Å². The minimum Gasteiger partial charge on any atom is -0.507 e. The minimum absolute atomic E-state index is 0.0315. The number of aromatic hydroxyl groups is 2. The van der Waals surface area contributed by atoms with Gasteiger partial charge in [0, 0.05) is 56.2 Å². The van der Waals surface area contributed by atoms with Crippen LogP contribution in [0.5, 0.6) is 17.2 Å². The second kappa shape index (κ2) is 10.8. The molecule has 0 aromatic heterocycles. The maximum Gasteiger partial charge on any atom is 0.221 e. The second-order valence-corrected chi connectivity index (χ2v) is 10.9. The summed E-state index contributed by atoms with van der Waals surface area (Å²) in [7, 11) is 3.77. The molecule has 6 atom stereocenters. The van der Waals surface area contributed by atoms with Crippen LogP contribution in [-0.4, -0.2) is 101 Å². The van der Waals surface area contributed by atoms with Gasteiger partial charge in [-0.3, -0.25) is 9.59 Å². The molecule has 228 valence electrons. The Bertz CT molecular complexity index is 1400. The first-order chi connectivity index (χ1) is 19.9. The molecule has 0 spiro atoms. The van der Waals surface area contributed by atoms with Gasteiger partial charge in [-0.15, -0.1) is 0 Å². The smallest absolute Gasteiger partial charge is 0.221 e. The van der Waals surface area contributed by atoms with Crippen LogP contribution >= 0.6 is 0 Å². The van der Waals surface area contributed by atoms with Crippen LogP contribution < -0.4 is 10.5 Å². The van der Waals surface area contributed by atoms with Crippen LogP contribution in [0.1, 0.15) is 68.8 Å². The van der Waals surface area contributed by atoms with E-state index in [1.807, 2.05) is 0 Å². The summed E-state index contributed by atoms with van der Waals surface area (Å²) in [5, 5.41) is 55.7. The van der Waals surface area contributed by atoms with Gasteiger partial charge in [-0.1, -0.05) is 12.1 Å². The number of hydrogen-bond acceptors (Lipinski definition) is 13. The molecule has 7 N–H and O–H groups in total. The SMILES string of the molecule is COc1cccc2c1C(=O)c1c(O)c3c(c(O)c1C2=O)C[C@@](O)(C(CO)(OC)OC)C[C@@H]3O[C@H]1C[C@H](N)[C@H](O)[C@H](C)O1. The Labute approximate surface area is 241 Å². The number of fused-ring (bicyclic) bond motifs is 3. The van der Waals surface area contributed by atoms with Gasteiger partial charge < -0.3 is 55.0 Å². The molecule has 42 heavy (non-hydrogen) atoms. The fourth-order valence-corrected chi connectivity index (χ4v) is 6.42. The van der Waals surface area contributed by atoms with Crippen LogP contribution in [0.3, 0.4) is 0 Å². The molecule has 5 rings (SSSR count). The third-order valence-corrected chi connectivity index (χ3v) is 8.72. The summed E-state index contributed by atoms with van der Waals surface area (Å²) in [6, 6.07) is 3.71. The second-order valence-electron chi connectivity index (χ2n) is 10.9. The molecule has 13 heteroatoms. The highest BCUT2D eigenvalue weighted by Gasteiger charge is 2.58. The Hall–Kier alpha value is -3.14. The monoisotopic (exact) mass is 589 g/mol. The van der Waals surface area contributed by atoms with E-state index >= 15 is 0 Å². The summed E-state index contributed by atoms with van der Waals surface area (Å²) in [6.45, 7) is 0.793. The first-order valence-corrected chi connectivity index (χ1v) is 13.4. The summed E-state index contributed by atoms with van der Waals surface area (Å²) in [4.78, 5) is 27.5. The van der Waals surface area contributed by atoms with Gasteiger partial charge in [-0.2, -0.15) is 0 Å². The minimum atomic E-state index is -2.09. The largest absolute Gasteiger partial charge is 0.507 e. The number of hydrogen-bond donors (Lipinski definition) is 6. The van der Waals surface area contributed by atoms with E-state index in [2.05, 4.69) is 0 Å². The van der Waals surface area contributed by atoms with Gasteiger partial charge in [0.15, 0.2) is 12.1 Å². The highest BCUT2D eigenvalue weighted by atomic mass is 16.7. The van der Waals surface area contributed by atoms with E-state index in [0.29, 0.717) is 0 Å². The van der Waals surface area contributed by atoms with Crippen LogP contribution in [0.4, 0.5) is 0 Å². The molecule has 13 nitrogen and oxygen atoms in total. The van der Waals surface area contributed by atoms with E-state index in [1.54, 1.807) is 6.92 Å². The van der Waals surface area contributed by atoms with E-state index < -0.39 is 89.3 Å². The lowest BCUT2D eigenvalue weighted by Crippen LogP contribution is -2.62. The number of ketones is 2. The van der Waals surface area contributed by atoms with E-state index in [0.717, 1.165) is 0 Å². The molecule has 0 bridgehead atoms. The molecule has 3 aliphatic rings. The maximum absolute atomic E-state index is 13.8. The summed E-state index contributed by atoms with van der Waals surface area (Å²) in [6.07, 6.45) is -4.83. The number of nitrogens with two attached hydrogens (primary N) is 1. The lowest BCUT2D eigenvalue weighted by Gasteiger charge is -2.49. The summed E-state index contributed by atoms with van der Waals surface area (Å²) >= 11 is 0. The summed E-state index contributed by atoms with van der Waals surface area (Å²) < 4.78 is 28.2. The summed E-state index contributed by atoms with van der Waals surface area (Å²) in [5.41, 5.74) is 2.82. The molecular weight excluding hydrogens is 554 g/mol. The number of phenolic OH excluding ortho intramolecular Hbond substituents is 2. The lowest BCUT2D eigenvalue weighted by atomic mass is 9.70. The van der Waals surface area contributed by atoms with Crippen LogP contribution in [0.25, 0.3) is 0 Å². The van der Waals surface area contributed by atoms with Crippen LogP contribution in [0, 0.1) is 0 Å². The Balaban J connectivity index is 1.72. The van der Waals surface area contributed by atoms with Crippen molar-refractivity contribution in [1.82, 2.24) is 0 Å². The van der Waals surface area contributed by atoms with Crippen molar-refractivity contribution in [1.29, 1.82) is 0 Å². The zero-order valence-electron chi connectivity index (χ0n) is 23.6. The average Bonchev–Trinajstić information content (AvgIpc) is 2.96. The Morgan fingerprint density at radius 1 is 1.07 bits per heavy atom. The van der Waals surface area contributed by atoms with Gasteiger partial charge in [-0.05, 0) is 13.0 Å². The topological polar surface area (TPSA) is 207 Å². The zero-order valence-corrected chi connectivity index (χ0v) is 23.6. The van der Waals surface area contributed by atoms with Crippen molar-refractivity contribution in [2.45, 2.75) is 68.2 Å². The van der Waals surface area contributed by atoms with Crippen molar-refractivity contribution in [2.24, 2.45) is 5.73 Å². The van der Waals surface area contributed by atoms with Crippen molar-refractivity contribution >= 4 is 11.6 Å². The van der Waals surface area contributed by atoms with Crippen LogP contribution in [0.2, 0.25) is 0 Å². The van der Waals surface area contributed by atoms with E-state index in [-0.39, 0.29) is 40.8 Å². The van der Waals surface area contributed by atoms with Gasteiger partial charge in [0.2, 0.25) is 11.6 Å². The van der Waals surface area contributed by atoms with E-state index in [9.17, 15) is 35.1 Å². The number of aliphatic hydroxyl groups is 3. The molecule has 1 saturated heterocycles. The predicted molar refractivity (Wildman–Crippen MR) is 143 cm³/mol. The standard InChI is InChI=1S/C29H35NO12/c1-12-23(32)15(30)8-18(41-12)42-17-10-28(37,29(11-31,39-3)40-4)9-14-20(17)27(36)22-21(25(14)34)24(33)13-6-5-7-16(38-2)19(13)26(22)35/h5-7,12,15,17-18,23,31-32,34,36-37H,8-11,30H2,1-4H3/t12-,15-,17-,18-,23+,28-/m0/s1. The molecule has 2 aliphatic carbocycles. The third-order valence-electron chi connectivity index (χ3n) is 8.72. The quantitative estimate of drug-likeness (QED) is 0.163. The maximum atomic E-state index is 13.8. The fraction of sp³-hybridized carbons (Fsp3) is 0.517. The average molecular weight is 590 g/mol. The van der Waals surface area contributed by atoms with Gasteiger partial charge in [0.25, 0.3) is 0 Å². The molecule has 2 aromatic rings. The van der Waals surface area contributed by atoms with Crippen molar-refractivity contribution < 1.29 is 58.8 Å². The molecule has 0 unspecified atom stereocenters. The molecule has 2 aromatic carbocycles. The lowest BCUT2D eigenvalue weighted by molar-refractivity contribution is -0.329. The highest BCUT2D eigenvalue weighted by Crippen LogP contribution is 2.54. The number of benzene rings is 2. The zero-order chi connectivity index (χ0) is 30.7. The molecule has 1 fully saturated rings. The molecular formula is C29H35NO12. The predicted octanol–water partition coefficient (Wildman–Crippen LogP) is 0.421. The van der Waals surface area contributed by atoms with Crippen LogP contribution in [-0.2, 0) is 25.4 Å². The number of methoxy groups -OCH3 is 3. The molecule has 0 radical (unpaired) electrons. The number of phenols is 2. The van der Waals surface area contributed by atoms with Crippen molar-refractivity contribution in [3.8, 4) is 17.2 Å². The van der Waals surface area contributed by atoms with E-state index in [1.165, 1.54) is 39.5 Å². The number of carbonyl (C=O) groups excluding carboxylic acids is 2. The fourth-order valence-electron chi connectivity index (χ4n) is 6.42. The third kappa shape index (κ3) is 4.31. The van der Waals surface area contributed by atoms with Gasteiger partial charge in [0.1, 0.15) is 29.5 Å². The summed E-state index contributed by atoms with van der Waals surface area (Å²) in [5.74, 6) is -4.68. The number of carbonyl (C=O) groups is 2. The van der Waals surface area contributed by atoms with Crippen molar-refractivity contribution in [3.05, 3.63) is 51.6 Å².